The number of aromatic amines is 1. The minimum atomic E-state index is -1.16. The van der Waals surface area contributed by atoms with Crippen LogP contribution in [0.1, 0.15) is 16.1 Å². The number of halogens is 1. The molecule has 0 saturated carbocycles. The number of hydrogen-bond acceptors (Lipinski definition) is 4. The number of carboxylic acids is 1. The van der Waals surface area contributed by atoms with E-state index in [1.54, 1.807) is 6.07 Å². The molecule has 2 rings (SSSR count). The average molecular weight is 401 g/mol. The number of nitrogens with one attached hydrogen (secondary N) is 2. The number of carboxylic acid groups (broad SMARTS) is 1. The maximum absolute atomic E-state index is 12.1. The van der Waals surface area contributed by atoms with E-state index in [2.05, 4.69) is 15.3 Å². The fraction of sp³-hybridized carbons (Fsp3) is 0.154. The predicted octanol–water partition coefficient (Wildman–Crippen LogP) is 1.15. The number of rotatable bonds is 5. The Morgan fingerprint density at radius 1 is 1.43 bits per heavy atom. The van der Waals surface area contributed by atoms with E-state index in [0.29, 0.717) is 5.69 Å². The molecule has 1 heterocycles. The Balaban J connectivity index is 2.14. The molecule has 21 heavy (non-hydrogen) atoms. The zero-order chi connectivity index (χ0) is 15.4. The third kappa shape index (κ3) is 3.94. The number of imidazole rings is 1. The summed E-state index contributed by atoms with van der Waals surface area (Å²) >= 11 is 2.00. The number of H-pyrrole nitrogens is 1. The summed E-state index contributed by atoms with van der Waals surface area (Å²) in [6.07, 6.45) is 3.00. The van der Waals surface area contributed by atoms with Gasteiger partial charge in [-0.1, -0.05) is 0 Å². The van der Waals surface area contributed by atoms with E-state index in [0.717, 1.165) is 3.57 Å². The van der Waals surface area contributed by atoms with Crippen molar-refractivity contribution >= 4 is 34.5 Å². The highest BCUT2D eigenvalue weighted by Crippen LogP contribution is 2.19. The number of carbonyl (C=O) groups is 2. The molecule has 2 aromatic rings. The van der Waals surface area contributed by atoms with Crippen molar-refractivity contribution in [2.75, 3.05) is 0 Å². The second-order valence-corrected chi connectivity index (χ2v) is 5.55. The van der Waals surface area contributed by atoms with Crippen molar-refractivity contribution in [1.29, 1.82) is 0 Å². The highest BCUT2D eigenvalue weighted by Gasteiger charge is 2.23. The summed E-state index contributed by atoms with van der Waals surface area (Å²) in [6.45, 7) is 0. The van der Waals surface area contributed by atoms with Crippen LogP contribution in [0.4, 0.5) is 0 Å². The zero-order valence-corrected chi connectivity index (χ0v) is 12.9. The van der Waals surface area contributed by atoms with Crippen molar-refractivity contribution in [3.05, 3.63) is 45.6 Å². The van der Waals surface area contributed by atoms with E-state index < -0.39 is 17.9 Å². The molecule has 8 heteroatoms. The number of phenols is 1. The van der Waals surface area contributed by atoms with Crippen molar-refractivity contribution in [1.82, 2.24) is 15.3 Å². The number of carbonyl (C=O) groups excluding carboxylic acids is 1. The molecule has 0 bridgehead atoms. The molecule has 4 N–H and O–H groups in total. The van der Waals surface area contributed by atoms with Gasteiger partial charge in [0.2, 0.25) is 0 Å². The van der Waals surface area contributed by atoms with Crippen LogP contribution in [0.15, 0.2) is 30.7 Å². The Morgan fingerprint density at radius 2 is 2.19 bits per heavy atom. The molecule has 0 spiro atoms. The molecule has 110 valence electrons. The molecule has 1 unspecified atom stereocenters. The van der Waals surface area contributed by atoms with Gasteiger partial charge in [0.05, 0.1) is 11.9 Å². The Kier molecular flexibility index (Phi) is 4.78. The number of hydrogen-bond donors (Lipinski definition) is 4. The van der Waals surface area contributed by atoms with Crippen LogP contribution in [-0.4, -0.2) is 38.1 Å². The third-order valence-corrected chi connectivity index (χ3v) is 3.46. The largest absolute Gasteiger partial charge is 0.507 e. The molecular formula is C13H12IN3O4. The van der Waals surface area contributed by atoms with Gasteiger partial charge < -0.3 is 20.5 Å². The van der Waals surface area contributed by atoms with Gasteiger partial charge in [-0.15, -0.1) is 0 Å². The van der Waals surface area contributed by atoms with Gasteiger partial charge in [0.15, 0.2) is 0 Å². The van der Waals surface area contributed by atoms with E-state index in [1.807, 2.05) is 22.6 Å². The number of phenolic OH excluding ortho intramolecular Hbond substituents is 1. The lowest BCUT2D eigenvalue weighted by Gasteiger charge is -2.14. The van der Waals surface area contributed by atoms with Gasteiger partial charge in [-0.05, 0) is 40.8 Å². The van der Waals surface area contributed by atoms with Gasteiger partial charge >= 0.3 is 5.97 Å². The monoisotopic (exact) mass is 401 g/mol. The SMILES string of the molecule is O=C(NC(Cc1cnc[nH]1)C(=O)O)c1cc(I)ccc1O. The molecule has 0 aliphatic carbocycles. The van der Waals surface area contributed by atoms with Crippen LogP contribution in [0.2, 0.25) is 0 Å². The molecule has 0 fully saturated rings. The third-order valence-electron chi connectivity index (χ3n) is 2.79. The van der Waals surface area contributed by atoms with Crippen molar-refractivity contribution < 1.29 is 19.8 Å². The van der Waals surface area contributed by atoms with Crippen LogP contribution < -0.4 is 5.32 Å². The lowest BCUT2D eigenvalue weighted by molar-refractivity contribution is -0.139. The first-order valence-corrected chi connectivity index (χ1v) is 7.04. The lowest BCUT2D eigenvalue weighted by atomic mass is 10.1. The molecule has 1 amide bonds. The summed E-state index contributed by atoms with van der Waals surface area (Å²) < 4.78 is 0.760. The summed E-state index contributed by atoms with van der Waals surface area (Å²) in [5.74, 6) is -2.00. The predicted molar refractivity (Wildman–Crippen MR) is 82.0 cm³/mol. The van der Waals surface area contributed by atoms with Crippen LogP contribution in [0.5, 0.6) is 5.75 Å². The van der Waals surface area contributed by atoms with Crippen molar-refractivity contribution in [3.63, 3.8) is 0 Å². The Morgan fingerprint density at radius 3 is 2.81 bits per heavy atom. The Hall–Kier alpha value is -2.10. The van der Waals surface area contributed by atoms with Crippen LogP contribution in [0, 0.1) is 3.57 Å². The maximum Gasteiger partial charge on any atom is 0.326 e. The summed E-state index contributed by atoms with van der Waals surface area (Å²) in [6, 6.07) is 3.41. The van der Waals surface area contributed by atoms with Gasteiger partial charge in [-0.2, -0.15) is 0 Å². The lowest BCUT2D eigenvalue weighted by Crippen LogP contribution is -2.42. The fourth-order valence-electron chi connectivity index (χ4n) is 1.74. The van der Waals surface area contributed by atoms with E-state index in [4.69, 9.17) is 0 Å². The Bertz CT molecular complexity index is 657. The summed E-state index contributed by atoms with van der Waals surface area (Å²) in [7, 11) is 0. The summed E-state index contributed by atoms with van der Waals surface area (Å²) in [5, 5.41) is 21.3. The average Bonchev–Trinajstić information content (AvgIpc) is 2.93. The smallest absolute Gasteiger partial charge is 0.326 e. The minimum absolute atomic E-state index is 0.0396. The second kappa shape index (κ2) is 6.57. The van der Waals surface area contributed by atoms with E-state index in [1.165, 1.54) is 24.7 Å². The van der Waals surface area contributed by atoms with Gasteiger partial charge in [-0.3, -0.25) is 4.79 Å². The number of amides is 1. The van der Waals surface area contributed by atoms with Gasteiger partial charge in [0.1, 0.15) is 11.8 Å². The molecule has 0 saturated heterocycles. The first-order valence-electron chi connectivity index (χ1n) is 5.97. The quantitative estimate of drug-likeness (QED) is 0.561. The molecule has 1 atom stereocenters. The summed E-state index contributed by atoms with van der Waals surface area (Å²) in [5.41, 5.74) is 0.632. The van der Waals surface area contributed by atoms with E-state index >= 15 is 0 Å². The first kappa shape index (κ1) is 15.3. The summed E-state index contributed by atoms with van der Waals surface area (Å²) in [4.78, 5) is 29.9. The molecule has 1 aromatic heterocycles. The van der Waals surface area contributed by atoms with Crippen LogP contribution in [-0.2, 0) is 11.2 Å². The normalized spacial score (nSPS) is 11.9. The molecular weight excluding hydrogens is 389 g/mol. The van der Waals surface area contributed by atoms with Crippen molar-refractivity contribution in [2.24, 2.45) is 0 Å². The molecule has 0 radical (unpaired) electrons. The van der Waals surface area contributed by atoms with E-state index in [-0.39, 0.29) is 17.7 Å². The van der Waals surface area contributed by atoms with Gasteiger partial charge in [0, 0.05) is 21.9 Å². The number of benzene rings is 1. The molecule has 0 aliphatic heterocycles. The molecule has 7 nitrogen and oxygen atoms in total. The van der Waals surface area contributed by atoms with Gasteiger partial charge in [0.25, 0.3) is 5.91 Å². The minimum Gasteiger partial charge on any atom is -0.507 e. The van der Waals surface area contributed by atoms with Crippen LogP contribution in [0.3, 0.4) is 0 Å². The Labute approximate surface area is 133 Å². The molecule has 1 aromatic carbocycles. The van der Waals surface area contributed by atoms with E-state index in [9.17, 15) is 19.8 Å². The number of aromatic nitrogens is 2. The van der Waals surface area contributed by atoms with Crippen LogP contribution >= 0.6 is 22.6 Å². The first-order chi connectivity index (χ1) is 9.97. The van der Waals surface area contributed by atoms with Crippen molar-refractivity contribution in [3.8, 4) is 5.75 Å². The van der Waals surface area contributed by atoms with Gasteiger partial charge in [-0.25, -0.2) is 9.78 Å². The zero-order valence-electron chi connectivity index (χ0n) is 10.7. The topological polar surface area (TPSA) is 115 Å². The fourth-order valence-corrected chi connectivity index (χ4v) is 2.23. The van der Waals surface area contributed by atoms with Crippen LogP contribution in [0.25, 0.3) is 0 Å². The number of aromatic hydroxyl groups is 1. The number of aliphatic carboxylic acids is 1. The highest BCUT2D eigenvalue weighted by atomic mass is 127. The standard InChI is InChI=1S/C13H12IN3O4/c14-7-1-2-11(18)9(3-7)12(19)17-10(13(20)21)4-8-5-15-6-16-8/h1-3,5-6,10,18H,4H2,(H,15,16)(H,17,19)(H,20,21). The molecule has 0 aliphatic rings. The second-order valence-electron chi connectivity index (χ2n) is 4.31. The number of nitrogens with zero attached hydrogens (tertiary/aromatic N) is 1. The van der Waals surface area contributed by atoms with Crippen molar-refractivity contribution in [2.45, 2.75) is 12.5 Å². The maximum atomic E-state index is 12.1. The highest BCUT2D eigenvalue weighted by molar-refractivity contribution is 14.1.